The fourth-order valence-electron chi connectivity index (χ4n) is 3.05. The lowest BCUT2D eigenvalue weighted by Gasteiger charge is -2.14. The van der Waals surface area contributed by atoms with Gasteiger partial charge >= 0.3 is 0 Å². The van der Waals surface area contributed by atoms with Gasteiger partial charge in [0.05, 0.1) is 0 Å². The van der Waals surface area contributed by atoms with E-state index in [0.29, 0.717) is 11.2 Å². The Labute approximate surface area is 131 Å². The molecule has 2 aliphatic rings. The van der Waals surface area contributed by atoms with E-state index in [1.165, 1.54) is 27.2 Å². The maximum absolute atomic E-state index is 3.72. The highest BCUT2D eigenvalue weighted by Crippen LogP contribution is 2.51. The van der Waals surface area contributed by atoms with Crippen LogP contribution in [-0.4, -0.2) is 5.25 Å². The Balaban J connectivity index is 2.07. The van der Waals surface area contributed by atoms with E-state index in [2.05, 4.69) is 69.0 Å². The van der Waals surface area contributed by atoms with E-state index < -0.39 is 0 Å². The van der Waals surface area contributed by atoms with Crippen molar-refractivity contribution in [1.82, 2.24) is 0 Å². The molecule has 106 valence electrons. The standard InChI is InChI=1S/C20H20S/c1-4-5-6-9-14(2)19-15(3)12-13-17-16-10-7-8-11-18(16)21-20(17)19/h4-13,16,18H,1H2,2-3H3/b6-5-,14-9+. The van der Waals surface area contributed by atoms with Gasteiger partial charge in [-0.3, -0.25) is 0 Å². The third-order valence-corrected chi connectivity index (χ3v) is 5.48. The van der Waals surface area contributed by atoms with E-state index in [9.17, 15) is 0 Å². The number of benzene rings is 1. The van der Waals surface area contributed by atoms with Crippen LogP contribution < -0.4 is 0 Å². The minimum Gasteiger partial charge on any atom is -0.117 e. The van der Waals surface area contributed by atoms with Crippen LogP contribution in [0.15, 0.2) is 72.2 Å². The molecule has 1 aliphatic carbocycles. The van der Waals surface area contributed by atoms with E-state index in [0.717, 1.165) is 0 Å². The molecule has 1 aromatic rings. The first-order valence-electron chi connectivity index (χ1n) is 7.34. The molecule has 1 aliphatic heterocycles. The van der Waals surface area contributed by atoms with E-state index in [4.69, 9.17) is 0 Å². The molecule has 0 amide bonds. The second kappa shape index (κ2) is 5.95. The van der Waals surface area contributed by atoms with Crippen LogP contribution in [-0.2, 0) is 0 Å². The van der Waals surface area contributed by atoms with Gasteiger partial charge in [-0.25, -0.2) is 0 Å². The zero-order valence-electron chi connectivity index (χ0n) is 12.5. The van der Waals surface area contributed by atoms with Crippen molar-refractivity contribution < 1.29 is 0 Å². The summed E-state index contributed by atoms with van der Waals surface area (Å²) in [5, 5.41) is 0.557. The van der Waals surface area contributed by atoms with E-state index in [-0.39, 0.29) is 0 Å². The molecule has 2 unspecified atom stereocenters. The molecule has 0 spiro atoms. The van der Waals surface area contributed by atoms with Crippen molar-refractivity contribution in [3.63, 3.8) is 0 Å². The predicted molar refractivity (Wildman–Crippen MR) is 94.8 cm³/mol. The van der Waals surface area contributed by atoms with Crippen LogP contribution in [0.4, 0.5) is 0 Å². The fourth-order valence-corrected chi connectivity index (χ4v) is 4.66. The van der Waals surface area contributed by atoms with Crippen molar-refractivity contribution in [2.45, 2.75) is 29.9 Å². The topological polar surface area (TPSA) is 0 Å². The molecule has 2 atom stereocenters. The lowest BCUT2D eigenvalue weighted by Crippen LogP contribution is -2.06. The van der Waals surface area contributed by atoms with E-state index >= 15 is 0 Å². The van der Waals surface area contributed by atoms with Crippen LogP contribution >= 0.6 is 11.8 Å². The second-order valence-corrected chi connectivity index (χ2v) is 6.71. The van der Waals surface area contributed by atoms with Gasteiger partial charge in [-0.15, -0.1) is 11.8 Å². The summed E-state index contributed by atoms with van der Waals surface area (Å²) in [4.78, 5) is 1.46. The molecular formula is C20H20S. The molecule has 0 radical (unpaired) electrons. The van der Waals surface area contributed by atoms with Crippen LogP contribution in [0.2, 0.25) is 0 Å². The number of allylic oxidation sites excluding steroid dienone is 8. The molecule has 1 heterocycles. The molecule has 3 rings (SSSR count). The first kappa shape index (κ1) is 14.2. The third-order valence-electron chi connectivity index (χ3n) is 4.08. The van der Waals surface area contributed by atoms with Gasteiger partial charge in [0, 0.05) is 16.1 Å². The lowest BCUT2D eigenvalue weighted by molar-refractivity contribution is 0.878. The van der Waals surface area contributed by atoms with Crippen molar-refractivity contribution in [2.24, 2.45) is 0 Å². The number of aryl methyl sites for hydroxylation is 1. The van der Waals surface area contributed by atoms with Gasteiger partial charge in [0.25, 0.3) is 0 Å². The molecule has 0 nitrogen and oxygen atoms in total. The van der Waals surface area contributed by atoms with E-state index in [1.54, 1.807) is 0 Å². The largest absolute Gasteiger partial charge is 0.117 e. The van der Waals surface area contributed by atoms with Crippen molar-refractivity contribution in [2.75, 3.05) is 0 Å². The van der Waals surface area contributed by atoms with Gasteiger partial charge in [-0.2, -0.15) is 0 Å². The lowest BCUT2D eigenvalue weighted by atomic mass is 9.89. The number of hydrogen-bond acceptors (Lipinski definition) is 1. The Hall–Kier alpha value is -1.73. The Morgan fingerprint density at radius 3 is 2.81 bits per heavy atom. The van der Waals surface area contributed by atoms with Crippen molar-refractivity contribution >= 4 is 17.3 Å². The summed E-state index contributed by atoms with van der Waals surface area (Å²) in [5.41, 5.74) is 5.56. The Bertz CT molecular complexity index is 686. The average molecular weight is 292 g/mol. The Morgan fingerprint density at radius 1 is 1.19 bits per heavy atom. The van der Waals surface area contributed by atoms with Crippen LogP contribution in [0.25, 0.3) is 5.57 Å². The zero-order valence-corrected chi connectivity index (χ0v) is 13.4. The van der Waals surface area contributed by atoms with Crippen LogP contribution in [0.5, 0.6) is 0 Å². The monoisotopic (exact) mass is 292 g/mol. The molecule has 0 saturated carbocycles. The van der Waals surface area contributed by atoms with E-state index in [1.807, 2.05) is 23.9 Å². The summed E-state index contributed by atoms with van der Waals surface area (Å²) >= 11 is 2.01. The van der Waals surface area contributed by atoms with Crippen molar-refractivity contribution in [1.29, 1.82) is 0 Å². The summed E-state index contributed by atoms with van der Waals surface area (Å²) in [6, 6.07) is 4.57. The quantitative estimate of drug-likeness (QED) is 0.632. The summed E-state index contributed by atoms with van der Waals surface area (Å²) in [7, 11) is 0. The van der Waals surface area contributed by atoms with Crippen LogP contribution in [0.1, 0.15) is 29.5 Å². The Morgan fingerprint density at radius 2 is 2.00 bits per heavy atom. The average Bonchev–Trinajstić information content (AvgIpc) is 2.85. The zero-order chi connectivity index (χ0) is 14.8. The summed E-state index contributed by atoms with van der Waals surface area (Å²) < 4.78 is 0. The van der Waals surface area contributed by atoms with Crippen molar-refractivity contribution in [3.8, 4) is 0 Å². The highest BCUT2D eigenvalue weighted by atomic mass is 32.2. The first-order valence-corrected chi connectivity index (χ1v) is 8.22. The van der Waals surface area contributed by atoms with Gasteiger partial charge in [0.2, 0.25) is 0 Å². The van der Waals surface area contributed by atoms with Gasteiger partial charge in [-0.1, -0.05) is 67.3 Å². The minimum atomic E-state index is 0.533. The Kier molecular flexibility index (Phi) is 4.03. The van der Waals surface area contributed by atoms with Crippen LogP contribution in [0, 0.1) is 6.92 Å². The van der Waals surface area contributed by atoms with Gasteiger partial charge in [0.1, 0.15) is 0 Å². The molecule has 0 N–H and O–H groups in total. The molecule has 0 aromatic heterocycles. The molecule has 1 heteroatoms. The minimum absolute atomic E-state index is 0.533. The van der Waals surface area contributed by atoms with Crippen LogP contribution in [0.3, 0.4) is 0 Å². The normalized spacial score (nSPS) is 23.4. The maximum atomic E-state index is 3.72. The predicted octanol–water partition coefficient (Wildman–Crippen LogP) is 5.82. The number of thioether (sulfide) groups is 1. The summed E-state index contributed by atoms with van der Waals surface area (Å²) in [6.07, 6.45) is 17.0. The maximum Gasteiger partial charge on any atom is 0.0381 e. The summed E-state index contributed by atoms with van der Waals surface area (Å²) in [5.74, 6) is 0.533. The second-order valence-electron chi connectivity index (χ2n) is 5.52. The van der Waals surface area contributed by atoms with Crippen molar-refractivity contribution in [3.05, 3.63) is 84.0 Å². The number of rotatable bonds is 3. The molecule has 0 saturated heterocycles. The molecule has 21 heavy (non-hydrogen) atoms. The highest BCUT2D eigenvalue weighted by Gasteiger charge is 2.33. The van der Waals surface area contributed by atoms with Gasteiger partial charge in [-0.05, 0) is 36.1 Å². The SMILES string of the molecule is C=C/C=C\C=C(/C)c1c(C)ccc2c1SC1C=CC=CC21. The number of fused-ring (bicyclic) bond motifs is 3. The first-order chi connectivity index (χ1) is 10.2. The molecule has 0 fully saturated rings. The molecular weight excluding hydrogens is 272 g/mol. The smallest absolute Gasteiger partial charge is 0.0381 e. The fraction of sp³-hybridized carbons (Fsp3) is 0.200. The third kappa shape index (κ3) is 2.58. The molecule has 1 aromatic carbocycles. The van der Waals surface area contributed by atoms with Gasteiger partial charge in [0.15, 0.2) is 0 Å². The highest BCUT2D eigenvalue weighted by molar-refractivity contribution is 8.00. The molecule has 0 bridgehead atoms. The number of hydrogen-bond donors (Lipinski definition) is 0. The van der Waals surface area contributed by atoms with Gasteiger partial charge < -0.3 is 0 Å². The summed E-state index contributed by atoms with van der Waals surface area (Å²) in [6.45, 7) is 8.12.